The Hall–Kier alpha value is -0.120. The molecule has 3 heteroatoms. The molecule has 1 rings (SSSR count). The van der Waals surface area contributed by atoms with Gasteiger partial charge < -0.3 is 9.84 Å². The number of hydrogen-bond acceptors (Lipinski definition) is 2. The first-order valence-electron chi connectivity index (χ1n) is 2.26. The van der Waals surface area contributed by atoms with Gasteiger partial charge in [0.15, 0.2) is 0 Å². The summed E-state index contributed by atoms with van der Waals surface area (Å²) in [5.41, 5.74) is 0. The zero-order valence-corrected chi connectivity index (χ0v) is 3.83. The maximum absolute atomic E-state index is 9.94. The fraction of sp³-hybridized carbons (Fsp3) is 1.00. The summed E-state index contributed by atoms with van der Waals surface area (Å²) in [7, 11) is 0. The molecule has 3 nitrogen and oxygen atoms in total. The van der Waals surface area contributed by atoms with Crippen molar-refractivity contribution in [2.75, 3.05) is 6.61 Å². The first kappa shape index (κ1) is 5.03. The summed E-state index contributed by atoms with van der Waals surface area (Å²) in [5.74, 6) is 0. The van der Waals surface area contributed by atoms with Crippen LogP contribution in [0.5, 0.6) is 0 Å². The first-order valence-corrected chi connectivity index (χ1v) is 2.26. The van der Waals surface area contributed by atoms with E-state index in [-0.39, 0.29) is 0 Å². The molecular formula is C4H7O3. The summed E-state index contributed by atoms with van der Waals surface area (Å²) < 4.78 is 4.63. The van der Waals surface area contributed by atoms with Crippen molar-refractivity contribution in [3.8, 4) is 0 Å². The number of ether oxygens (including phenoxy) is 1. The molecule has 0 aromatic carbocycles. The van der Waals surface area contributed by atoms with Crippen molar-refractivity contribution in [3.05, 3.63) is 0 Å². The highest BCUT2D eigenvalue weighted by atomic mass is 16.6. The largest absolute Gasteiger partial charge is 0.373 e. The lowest BCUT2D eigenvalue weighted by molar-refractivity contribution is -0.220. The SMILES string of the molecule is [O]C(O)C1CCO1. The van der Waals surface area contributed by atoms with Crippen LogP contribution in [-0.2, 0) is 9.84 Å². The lowest BCUT2D eigenvalue weighted by atomic mass is 10.2. The summed E-state index contributed by atoms with van der Waals surface area (Å²) in [4.78, 5) is 0. The Bertz CT molecular complexity index is 58.0. The minimum Gasteiger partial charge on any atom is -0.373 e. The highest BCUT2D eigenvalue weighted by molar-refractivity contribution is 4.66. The molecule has 1 fully saturated rings. The van der Waals surface area contributed by atoms with Gasteiger partial charge in [-0.05, 0) is 0 Å². The van der Waals surface area contributed by atoms with Crippen molar-refractivity contribution in [1.29, 1.82) is 0 Å². The maximum Gasteiger partial charge on any atom is 0.215 e. The van der Waals surface area contributed by atoms with Gasteiger partial charge in [-0.3, -0.25) is 0 Å². The summed E-state index contributed by atoms with van der Waals surface area (Å²) in [6.07, 6.45) is -1.22. The fourth-order valence-corrected chi connectivity index (χ4v) is 0.479. The van der Waals surface area contributed by atoms with Gasteiger partial charge in [0.2, 0.25) is 6.29 Å². The molecule has 0 saturated carbocycles. The monoisotopic (exact) mass is 103 g/mol. The van der Waals surface area contributed by atoms with Gasteiger partial charge in [0.1, 0.15) is 6.10 Å². The van der Waals surface area contributed by atoms with Gasteiger partial charge in [-0.25, -0.2) is 0 Å². The Kier molecular flexibility index (Phi) is 1.27. The molecule has 1 aliphatic heterocycles. The Morgan fingerprint density at radius 1 is 1.86 bits per heavy atom. The van der Waals surface area contributed by atoms with Crippen LogP contribution in [0, 0.1) is 0 Å². The lowest BCUT2D eigenvalue weighted by Gasteiger charge is -2.26. The van der Waals surface area contributed by atoms with E-state index in [1.807, 2.05) is 0 Å². The Morgan fingerprint density at radius 3 is 2.43 bits per heavy atom. The molecular weight excluding hydrogens is 96.0 g/mol. The van der Waals surface area contributed by atoms with Crippen LogP contribution < -0.4 is 0 Å². The lowest BCUT2D eigenvalue weighted by Crippen LogP contribution is -2.37. The maximum atomic E-state index is 9.94. The Labute approximate surface area is 41.5 Å². The summed E-state index contributed by atoms with van der Waals surface area (Å²) in [5, 5.41) is 18.1. The van der Waals surface area contributed by atoms with Crippen molar-refractivity contribution < 1.29 is 14.9 Å². The van der Waals surface area contributed by atoms with Gasteiger partial charge in [0.05, 0.1) is 0 Å². The van der Waals surface area contributed by atoms with E-state index in [0.717, 1.165) is 0 Å². The average Bonchev–Trinajstić information content (AvgIpc) is 1.23. The van der Waals surface area contributed by atoms with Crippen LogP contribution in [-0.4, -0.2) is 24.1 Å². The molecule has 0 aliphatic carbocycles. The number of aliphatic hydroxyl groups excluding tert-OH is 1. The van der Waals surface area contributed by atoms with Crippen LogP contribution in [0.15, 0.2) is 0 Å². The third kappa shape index (κ3) is 0.907. The van der Waals surface area contributed by atoms with Crippen molar-refractivity contribution in [2.45, 2.75) is 18.8 Å². The van der Waals surface area contributed by atoms with Crippen molar-refractivity contribution in [3.63, 3.8) is 0 Å². The van der Waals surface area contributed by atoms with E-state index in [1.165, 1.54) is 0 Å². The van der Waals surface area contributed by atoms with Crippen molar-refractivity contribution in [2.24, 2.45) is 0 Å². The van der Waals surface area contributed by atoms with Crippen molar-refractivity contribution >= 4 is 0 Å². The molecule has 41 valence electrons. The Balaban J connectivity index is 2.14. The molecule has 0 aromatic rings. The molecule has 0 amide bonds. The first-order chi connectivity index (χ1) is 3.30. The van der Waals surface area contributed by atoms with Crippen LogP contribution in [0.4, 0.5) is 0 Å². The van der Waals surface area contributed by atoms with Gasteiger partial charge in [0, 0.05) is 13.0 Å². The van der Waals surface area contributed by atoms with Crippen LogP contribution in [0.3, 0.4) is 0 Å². The highest BCUT2D eigenvalue weighted by Crippen LogP contribution is 2.12. The van der Waals surface area contributed by atoms with Crippen molar-refractivity contribution in [1.82, 2.24) is 0 Å². The molecule has 2 atom stereocenters. The quantitative estimate of drug-likeness (QED) is 0.456. The van der Waals surface area contributed by atoms with Gasteiger partial charge in [-0.1, -0.05) is 0 Å². The Morgan fingerprint density at radius 2 is 2.43 bits per heavy atom. The molecule has 0 spiro atoms. The molecule has 1 heterocycles. The molecule has 7 heavy (non-hydrogen) atoms. The van der Waals surface area contributed by atoms with Gasteiger partial charge in [-0.2, -0.15) is 5.11 Å². The third-order valence-electron chi connectivity index (χ3n) is 1.05. The molecule has 0 aromatic heterocycles. The fourth-order valence-electron chi connectivity index (χ4n) is 0.479. The van der Waals surface area contributed by atoms with Crippen LogP contribution in [0.2, 0.25) is 0 Å². The van der Waals surface area contributed by atoms with E-state index in [4.69, 9.17) is 5.11 Å². The number of rotatable bonds is 1. The molecule has 1 aliphatic rings. The van der Waals surface area contributed by atoms with E-state index in [2.05, 4.69) is 4.74 Å². The topological polar surface area (TPSA) is 49.4 Å². The van der Waals surface area contributed by atoms with Gasteiger partial charge in [0.25, 0.3) is 0 Å². The molecule has 2 unspecified atom stereocenters. The summed E-state index contributed by atoms with van der Waals surface area (Å²) >= 11 is 0. The zero-order valence-electron chi connectivity index (χ0n) is 3.83. The number of hydrogen-bond donors (Lipinski definition) is 1. The van der Waals surface area contributed by atoms with Crippen LogP contribution in [0.1, 0.15) is 6.42 Å². The van der Waals surface area contributed by atoms with Crippen LogP contribution in [0.25, 0.3) is 0 Å². The van der Waals surface area contributed by atoms with Gasteiger partial charge in [-0.15, -0.1) is 0 Å². The van der Waals surface area contributed by atoms with E-state index < -0.39 is 12.4 Å². The minimum absolute atomic E-state index is 0.417. The molecule has 1 saturated heterocycles. The van der Waals surface area contributed by atoms with Crippen LogP contribution >= 0.6 is 0 Å². The standard InChI is InChI=1S/C4H7O3/c5-4(6)3-1-2-7-3/h3-5H,1-2H2. The molecule has 1 N–H and O–H groups in total. The average molecular weight is 103 g/mol. The second-order valence-electron chi connectivity index (χ2n) is 1.59. The van der Waals surface area contributed by atoms with E-state index in [0.29, 0.717) is 13.0 Å². The minimum atomic E-state index is -1.52. The predicted molar refractivity (Wildman–Crippen MR) is 21.1 cm³/mol. The molecule has 0 bridgehead atoms. The normalized spacial score (nSPS) is 30.4. The predicted octanol–water partition coefficient (Wildman–Crippen LogP) is -0.476. The zero-order chi connectivity index (χ0) is 5.28. The summed E-state index contributed by atoms with van der Waals surface area (Å²) in [6.45, 7) is 0.629. The second kappa shape index (κ2) is 1.78. The smallest absolute Gasteiger partial charge is 0.215 e. The number of aliphatic hydroxyl groups is 1. The van der Waals surface area contributed by atoms with E-state index >= 15 is 0 Å². The van der Waals surface area contributed by atoms with E-state index in [9.17, 15) is 5.11 Å². The highest BCUT2D eigenvalue weighted by Gasteiger charge is 2.25. The summed E-state index contributed by atoms with van der Waals surface area (Å²) in [6, 6.07) is 0. The van der Waals surface area contributed by atoms with E-state index in [1.54, 1.807) is 0 Å². The van der Waals surface area contributed by atoms with Gasteiger partial charge >= 0.3 is 0 Å². The second-order valence-corrected chi connectivity index (χ2v) is 1.59. The third-order valence-corrected chi connectivity index (χ3v) is 1.05. The molecule has 1 radical (unpaired) electrons.